The minimum Gasteiger partial charge on any atom is -0.304 e. The monoisotopic (exact) mass is 407 g/mol. The Morgan fingerprint density at radius 2 is 1.66 bits per heavy atom. The first-order chi connectivity index (χ1) is 14.2. The molecule has 1 aliphatic rings. The van der Waals surface area contributed by atoms with E-state index in [0.717, 1.165) is 48.3 Å². The molecule has 0 atom stereocenters. The number of thioether (sulfide) groups is 1. The van der Waals surface area contributed by atoms with Crippen molar-refractivity contribution in [2.75, 3.05) is 39.0 Å². The van der Waals surface area contributed by atoms with Gasteiger partial charge in [0.15, 0.2) is 5.16 Å². The Balaban J connectivity index is 1.48. The maximum Gasteiger partial charge on any atom is 0.244 e. The Bertz CT molecular complexity index is 936. The van der Waals surface area contributed by atoms with Gasteiger partial charge in [0.1, 0.15) is 0 Å². The third kappa shape index (κ3) is 5.06. The summed E-state index contributed by atoms with van der Waals surface area (Å²) in [5.41, 5.74) is 6.01. The average Bonchev–Trinajstić information content (AvgIpc) is 3.20. The van der Waals surface area contributed by atoms with E-state index in [0.29, 0.717) is 5.75 Å². The number of carbonyl (C=O) groups excluding carboxylic acids is 1. The molecule has 0 aliphatic carbocycles. The molecule has 29 heavy (non-hydrogen) atoms. The van der Waals surface area contributed by atoms with E-state index in [1.165, 1.54) is 11.8 Å². The summed E-state index contributed by atoms with van der Waals surface area (Å²) in [6.07, 6.45) is 2.03. The number of para-hydroxylation sites is 1. The van der Waals surface area contributed by atoms with Crippen molar-refractivity contribution in [2.24, 2.45) is 0 Å². The average molecular weight is 408 g/mol. The Morgan fingerprint density at radius 1 is 1.00 bits per heavy atom. The number of hydrazine groups is 1. The number of nitrogens with one attached hydrogen (secondary N) is 1. The maximum absolute atomic E-state index is 12.5. The van der Waals surface area contributed by atoms with E-state index in [1.54, 1.807) is 0 Å². The molecule has 1 aromatic heterocycles. The number of carbonyl (C=O) groups is 1. The highest BCUT2D eigenvalue weighted by Gasteiger charge is 2.17. The van der Waals surface area contributed by atoms with Crippen LogP contribution in [0.5, 0.6) is 0 Å². The smallest absolute Gasteiger partial charge is 0.244 e. The van der Waals surface area contributed by atoms with E-state index in [4.69, 9.17) is 4.98 Å². The van der Waals surface area contributed by atoms with Gasteiger partial charge >= 0.3 is 0 Å². The molecular formula is C22H25N5OS. The second-order valence-corrected chi connectivity index (χ2v) is 8.04. The van der Waals surface area contributed by atoms with Crippen molar-refractivity contribution in [1.29, 1.82) is 0 Å². The molecule has 6 nitrogen and oxygen atoms in total. The highest BCUT2D eigenvalue weighted by atomic mass is 32.2. The predicted molar refractivity (Wildman–Crippen MR) is 117 cm³/mol. The summed E-state index contributed by atoms with van der Waals surface area (Å²) in [4.78, 5) is 19.5. The van der Waals surface area contributed by atoms with Gasteiger partial charge in [-0.1, -0.05) is 60.3 Å². The van der Waals surface area contributed by atoms with Crippen LogP contribution in [0.25, 0.3) is 16.9 Å². The van der Waals surface area contributed by atoms with Gasteiger partial charge in [-0.05, 0) is 19.2 Å². The van der Waals surface area contributed by atoms with E-state index in [1.807, 2.05) is 71.9 Å². The van der Waals surface area contributed by atoms with Gasteiger partial charge in [-0.25, -0.2) is 9.99 Å². The van der Waals surface area contributed by atoms with Crippen molar-refractivity contribution in [3.05, 3.63) is 66.9 Å². The first-order valence-corrected chi connectivity index (χ1v) is 10.7. The van der Waals surface area contributed by atoms with Crippen LogP contribution in [0.4, 0.5) is 0 Å². The van der Waals surface area contributed by atoms with Gasteiger partial charge in [-0.2, -0.15) is 0 Å². The largest absolute Gasteiger partial charge is 0.304 e. The first-order valence-electron chi connectivity index (χ1n) is 9.75. The number of amides is 1. The molecule has 0 saturated carbocycles. The van der Waals surface area contributed by atoms with Crippen molar-refractivity contribution in [3.8, 4) is 16.9 Å². The predicted octanol–water partition coefficient (Wildman–Crippen LogP) is 2.91. The maximum atomic E-state index is 12.5. The molecular weight excluding hydrogens is 382 g/mol. The Labute approximate surface area is 175 Å². The number of aromatic nitrogens is 2. The van der Waals surface area contributed by atoms with Gasteiger partial charge < -0.3 is 4.90 Å². The summed E-state index contributed by atoms with van der Waals surface area (Å²) in [5, 5.41) is 2.81. The standard InChI is InChI=1S/C22H25N5OS/c1-25-12-14-26(15-13-25)24-21(28)17-29-22-23-20(18-8-4-2-5-9-18)16-27(22)19-10-6-3-7-11-19/h2-11,16H,12-15,17H2,1H3,(H,24,28). The molecule has 2 heterocycles. The number of benzene rings is 2. The number of hydrogen-bond donors (Lipinski definition) is 1. The number of nitrogens with zero attached hydrogens (tertiary/aromatic N) is 4. The summed E-state index contributed by atoms with van der Waals surface area (Å²) in [6.45, 7) is 3.63. The molecule has 0 bridgehead atoms. The lowest BCUT2D eigenvalue weighted by molar-refractivity contribution is -0.124. The summed E-state index contributed by atoms with van der Waals surface area (Å²) >= 11 is 1.46. The summed E-state index contributed by atoms with van der Waals surface area (Å²) in [7, 11) is 2.10. The minimum absolute atomic E-state index is 0.00317. The Morgan fingerprint density at radius 3 is 2.34 bits per heavy atom. The number of imidazole rings is 1. The van der Waals surface area contributed by atoms with Crippen LogP contribution in [-0.4, -0.2) is 64.3 Å². The minimum atomic E-state index is 0.00317. The van der Waals surface area contributed by atoms with Crippen LogP contribution < -0.4 is 5.43 Å². The Hall–Kier alpha value is -2.61. The molecule has 1 N–H and O–H groups in total. The van der Waals surface area contributed by atoms with E-state index in [2.05, 4.69) is 21.9 Å². The zero-order chi connectivity index (χ0) is 20.1. The van der Waals surface area contributed by atoms with Gasteiger partial charge in [-0.3, -0.25) is 14.8 Å². The molecule has 0 unspecified atom stereocenters. The van der Waals surface area contributed by atoms with Gasteiger partial charge in [0, 0.05) is 43.6 Å². The lowest BCUT2D eigenvalue weighted by Crippen LogP contribution is -2.52. The molecule has 2 aromatic carbocycles. The van der Waals surface area contributed by atoms with Gasteiger partial charge in [0.05, 0.1) is 11.4 Å². The summed E-state index contributed by atoms with van der Waals surface area (Å²) in [6, 6.07) is 20.2. The zero-order valence-corrected chi connectivity index (χ0v) is 17.3. The second kappa shape index (κ2) is 9.26. The van der Waals surface area contributed by atoms with E-state index < -0.39 is 0 Å². The van der Waals surface area contributed by atoms with E-state index in [-0.39, 0.29) is 5.91 Å². The quantitative estimate of drug-likeness (QED) is 0.637. The van der Waals surface area contributed by atoms with Crippen molar-refractivity contribution in [1.82, 2.24) is 24.9 Å². The SMILES string of the molecule is CN1CCN(NC(=O)CSc2nc(-c3ccccc3)cn2-c2ccccc2)CC1. The number of piperazine rings is 1. The fourth-order valence-electron chi connectivity index (χ4n) is 3.24. The zero-order valence-electron chi connectivity index (χ0n) is 16.5. The molecule has 0 spiro atoms. The van der Waals surface area contributed by atoms with Crippen LogP contribution >= 0.6 is 11.8 Å². The van der Waals surface area contributed by atoms with Crippen LogP contribution in [-0.2, 0) is 4.79 Å². The second-order valence-electron chi connectivity index (χ2n) is 7.09. The fourth-order valence-corrected chi connectivity index (χ4v) is 4.03. The number of rotatable bonds is 6. The lowest BCUT2D eigenvalue weighted by atomic mass is 10.2. The van der Waals surface area contributed by atoms with Crippen molar-refractivity contribution in [2.45, 2.75) is 5.16 Å². The van der Waals surface area contributed by atoms with Crippen LogP contribution in [0.15, 0.2) is 72.0 Å². The highest BCUT2D eigenvalue weighted by molar-refractivity contribution is 7.99. The van der Waals surface area contributed by atoms with Gasteiger partial charge in [0.25, 0.3) is 0 Å². The molecule has 0 radical (unpaired) electrons. The topological polar surface area (TPSA) is 53.4 Å². The van der Waals surface area contributed by atoms with Crippen LogP contribution in [0.3, 0.4) is 0 Å². The van der Waals surface area contributed by atoms with E-state index >= 15 is 0 Å². The first kappa shape index (κ1) is 19.7. The van der Waals surface area contributed by atoms with Crippen LogP contribution in [0.2, 0.25) is 0 Å². The van der Waals surface area contributed by atoms with Gasteiger partial charge in [0.2, 0.25) is 5.91 Å². The normalized spacial score (nSPS) is 15.3. The summed E-state index contributed by atoms with van der Waals surface area (Å²) < 4.78 is 2.05. The number of likely N-dealkylation sites (N-methyl/N-ethyl adjacent to an activating group) is 1. The van der Waals surface area contributed by atoms with Gasteiger partial charge in [-0.15, -0.1) is 0 Å². The molecule has 1 saturated heterocycles. The molecule has 1 aliphatic heterocycles. The molecule has 3 aromatic rings. The molecule has 4 rings (SSSR count). The van der Waals surface area contributed by atoms with Crippen LogP contribution in [0, 0.1) is 0 Å². The third-order valence-electron chi connectivity index (χ3n) is 4.90. The molecule has 150 valence electrons. The van der Waals surface area contributed by atoms with Crippen molar-refractivity contribution < 1.29 is 4.79 Å². The Kier molecular flexibility index (Phi) is 6.29. The summed E-state index contributed by atoms with van der Waals surface area (Å²) in [5.74, 6) is 0.327. The molecule has 7 heteroatoms. The van der Waals surface area contributed by atoms with E-state index in [9.17, 15) is 4.79 Å². The molecule has 1 amide bonds. The molecule has 1 fully saturated rings. The highest BCUT2D eigenvalue weighted by Crippen LogP contribution is 2.27. The third-order valence-corrected chi connectivity index (χ3v) is 5.85. The lowest BCUT2D eigenvalue weighted by Gasteiger charge is -2.32. The van der Waals surface area contributed by atoms with Crippen molar-refractivity contribution >= 4 is 17.7 Å². The fraction of sp³-hybridized carbons (Fsp3) is 0.273. The number of hydrogen-bond acceptors (Lipinski definition) is 5. The van der Waals surface area contributed by atoms with Crippen LogP contribution in [0.1, 0.15) is 0 Å². The van der Waals surface area contributed by atoms with Crippen molar-refractivity contribution in [3.63, 3.8) is 0 Å².